The Balaban J connectivity index is 0.00000225. The molecule has 0 radical (unpaired) electrons. The molecule has 0 fully saturated rings. The van der Waals surface area contributed by atoms with E-state index in [0.29, 0.717) is 0 Å². The minimum atomic E-state index is 0. The van der Waals surface area contributed by atoms with Gasteiger partial charge in [-0.2, -0.15) is 13.5 Å². The Hall–Kier alpha value is -0.430. The molecule has 0 saturated carbocycles. The first-order valence-corrected chi connectivity index (χ1v) is 6.43. The van der Waals surface area contributed by atoms with E-state index in [0.717, 1.165) is 5.92 Å². The maximum Gasteiger partial charge on any atom is -0.0162 e. The lowest BCUT2D eigenvalue weighted by atomic mass is 9.89. The minimum Gasteiger partial charge on any atom is -0.197 e. The molecule has 0 amide bonds. The molecule has 0 saturated heterocycles. The van der Waals surface area contributed by atoms with Crippen molar-refractivity contribution < 1.29 is 0 Å². The van der Waals surface area contributed by atoms with Gasteiger partial charge < -0.3 is 0 Å². The van der Waals surface area contributed by atoms with Crippen molar-refractivity contribution in [2.24, 2.45) is 0 Å². The molecular weight excluding hydrogens is 212 g/mol. The lowest BCUT2D eigenvalue weighted by Gasteiger charge is -2.16. The summed E-state index contributed by atoms with van der Waals surface area (Å²) in [5.74, 6) is 0.794. The first-order valence-electron chi connectivity index (χ1n) is 6.43. The number of hydrogen-bond acceptors (Lipinski definition) is 0. The Labute approximate surface area is 108 Å². The van der Waals surface area contributed by atoms with E-state index in [4.69, 9.17) is 0 Å². The summed E-state index contributed by atoms with van der Waals surface area (Å²) in [5, 5.41) is 0. The monoisotopic (exact) mass is 238 g/mol. The first kappa shape index (κ1) is 15.6. The van der Waals surface area contributed by atoms with Crippen LogP contribution in [0.2, 0.25) is 0 Å². The quantitative estimate of drug-likeness (QED) is 0.568. The largest absolute Gasteiger partial charge is 0.197 e. The molecule has 0 aliphatic rings. The highest BCUT2D eigenvalue weighted by Crippen LogP contribution is 2.26. The molecule has 1 aromatic rings. The molecular formula is C15H26S. The van der Waals surface area contributed by atoms with Crippen molar-refractivity contribution in [3.05, 3.63) is 35.9 Å². The Kier molecular flexibility index (Phi) is 9.51. The van der Waals surface area contributed by atoms with Gasteiger partial charge in [0.25, 0.3) is 0 Å². The summed E-state index contributed by atoms with van der Waals surface area (Å²) in [4.78, 5) is 0. The molecule has 0 aliphatic heterocycles. The van der Waals surface area contributed by atoms with Crippen LogP contribution in [0.25, 0.3) is 0 Å². The van der Waals surface area contributed by atoms with Crippen LogP contribution in [-0.2, 0) is 0 Å². The van der Waals surface area contributed by atoms with Gasteiger partial charge in [-0.05, 0) is 24.3 Å². The molecule has 0 bridgehead atoms. The van der Waals surface area contributed by atoms with E-state index in [9.17, 15) is 0 Å². The summed E-state index contributed by atoms with van der Waals surface area (Å²) >= 11 is 0. The molecule has 16 heavy (non-hydrogen) atoms. The fourth-order valence-corrected chi connectivity index (χ4v) is 2.19. The molecule has 92 valence electrons. The summed E-state index contributed by atoms with van der Waals surface area (Å²) in [6, 6.07) is 11.0. The summed E-state index contributed by atoms with van der Waals surface area (Å²) in [6.07, 6.45) is 8.10. The van der Waals surface area contributed by atoms with Gasteiger partial charge in [-0.3, -0.25) is 0 Å². The highest BCUT2D eigenvalue weighted by molar-refractivity contribution is 7.59. The Morgan fingerprint density at radius 2 is 1.56 bits per heavy atom. The van der Waals surface area contributed by atoms with Crippen LogP contribution in [0, 0.1) is 0 Å². The molecule has 0 spiro atoms. The summed E-state index contributed by atoms with van der Waals surface area (Å²) < 4.78 is 0. The van der Waals surface area contributed by atoms with E-state index in [1.807, 2.05) is 0 Å². The zero-order chi connectivity index (χ0) is 10.9. The molecule has 0 heterocycles. The molecule has 0 N–H and O–H groups in total. The standard InChI is InChI=1S/C15H24.H2S/c1-3-5-7-11-14(10-4-2)15-12-8-6-9-13-15;/h6,8-9,12-14H,3-5,7,10-11H2,1-2H3;1H2. The average Bonchev–Trinajstić information content (AvgIpc) is 2.29. The van der Waals surface area contributed by atoms with Gasteiger partial charge in [-0.1, -0.05) is 69.9 Å². The first-order chi connectivity index (χ1) is 7.38. The van der Waals surface area contributed by atoms with Crippen molar-refractivity contribution >= 4 is 13.5 Å². The fraction of sp³-hybridized carbons (Fsp3) is 0.600. The zero-order valence-corrected chi connectivity index (χ0v) is 11.7. The van der Waals surface area contributed by atoms with E-state index >= 15 is 0 Å². The van der Waals surface area contributed by atoms with Gasteiger partial charge >= 0.3 is 0 Å². The van der Waals surface area contributed by atoms with Crippen molar-refractivity contribution in [2.45, 2.75) is 58.3 Å². The van der Waals surface area contributed by atoms with Crippen molar-refractivity contribution in [3.63, 3.8) is 0 Å². The van der Waals surface area contributed by atoms with Crippen LogP contribution in [0.4, 0.5) is 0 Å². The van der Waals surface area contributed by atoms with E-state index in [1.54, 1.807) is 0 Å². The third kappa shape index (κ3) is 5.60. The second-order valence-electron chi connectivity index (χ2n) is 4.39. The Bertz CT molecular complexity index is 243. The maximum atomic E-state index is 2.29. The lowest BCUT2D eigenvalue weighted by Crippen LogP contribution is -1.98. The van der Waals surface area contributed by atoms with Crippen LogP contribution in [0.5, 0.6) is 0 Å². The van der Waals surface area contributed by atoms with Gasteiger partial charge in [0.15, 0.2) is 0 Å². The summed E-state index contributed by atoms with van der Waals surface area (Å²) in [5.41, 5.74) is 1.54. The van der Waals surface area contributed by atoms with Crippen LogP contribution < -0.4 is 0 Å². The highest BCUT2D eigenvalue weighted by Gasteiger charge is 2.09. The maximum absolute atomic E-state index is 2.29. The number of benzene rings is 1. The molecule has 1 atom stereocenters. The molecule has 0 aliphatic carbocycles. The van der Waals surface area contributed by atoms with E-state index in [1.165, 1.54) is 44.1 Å². The summed E-state index contributed by atoms with van der Waals surface area (Å²) in [6.45, 7) is 4.56. The molecule has 0 nitrogen and oxygen atoms in total. The molecule has 0 aromatic heterocycles. The summed E-state index contributed by atoms with van der Waals surface area (Å²) in [7, 11) is 0. The topological polar surface area (TPSA) is 0 Å². The second kappa shape index (κ2) is 9.77. The number of unbranched alkanes of at least 4 members (excludes halogenated alkanes) is 2. The van der Waals surface area contributed by atoms with Gasteiger partial charge in [0.1, 0.15) is 0 Å². The minimum absolute atomic E-state index is 0. The molecule has 1 unspecified atom stereocenters. The van der Waals surface area contributed by atoms with Crippen LogP contribution in [-0.4, -0.2) is 0 Å². The normalized spacial score (nSPS) is 11.9. The van der Waals surface area contributed by atoms with E-state index in [2.05, 4.69) is 44.2 Å². The number of rotatable bonds is 7. The van der Waals surface area contributed by atoms with Gasteiger partial charge in [0, 0.05) is 0 Å². The number of hydrogen-bond donors (Lipinski definition) is 0. The zero-order valence-electron chi connectivity index (χ0n) is 10.7. The third-order valence-electron chi connectivity index (χ3n) is 3.06. The lowest BCUT2D eigenvalue weighted by molar-refractivity contribution is 0.529. The van der Waals surface area contributed by atoms with Crippen molar-refractivity contribution in [3.8, 4) is 0 Å². The molecule has 1 rings (SSSR count). The molecule has 1 aromatic carbocycles. The van der Waals surface area contributed by atoms with Crippen LogP contribution in [0.1, 0.15) is 63.9 Å². The van der Waals surface area contributed by atoms with Crippen LogP contribution >= 0.6 is 13.5 Å². The van der Waals surface area contributed by atoms with Gasteiger partial charge in [0.2, 0.25) is 0 Å². The van der Waals surface area contributed by atoms with Gasteiger partial charge in [0.05, 0.1) is 0 Å². The van der Waals surface area contributed by atoms with Crippen molar-refractivity contribution in [2.75, 3.05) is 0 Å². The van der Waals surface area contributed by atoms with Crippen molar-refractivity contribution in [1.82, 2.24) is 0 Å². The van der Waals surface area contributed by atoms with Crippen molar-refractivity contribution in [1.29, 1.82) is 0 Å². The smallest absolute Gasteiger partial charge is 0.0162 e. The van der Waals surface area contributed by atoms with Gasteiger partial charge in [-0.25, -0.2) is 0 Å². The Morgan fingerprint density at radius 3 is 2.12 bits per heavy atom. The molecule has 1 heteroatoms. The second-order valence-corrected chi connectivity index (χ2v) is 4.39. The third-order valence-corrected chi connectivity index (χ3v) is 3.06. The van der Waals surface area contributed by atoms with Crippen LogP contribution in [0.3, 0.4) is 0 Å². The van der Waals surface area contributed by atoms with Gasteiger partial charge in [-0.15, -0.1) is 0 Å². The Morgan fingerprint density at radius 1 is 0.875 bits per heavy atom. The van der Waals surface area contributed by atoms with E-state index < -0.39 is 0 Å². The SMILES string of the molecule is CCCCCC(CCC)c1ccccc1.S. The average molecular weight is 238 g/mol. The van der Waals surface area contributed by atoms with E-state index in [-0.39, 0.29) is 13.5 Å². The van der Waals surface area contributed by atoms with Crippen LogP contribution in [0.15, 0.2) is 30.3 Å². The fourth-order valence-electron chi connectivity index (χ4n) is 2.19. The predicted octanol–water partition coefficient (Wildman–Crippen LogP) is 5.26. The highest BCUT2D eigenvalue weighted by atomic mass is 32.1. The predicted molar refractivity (Wildman–Crippen MR) is 78.6 cm³/mol.